The quantitative estimate of drug-likeness (QED) is 0.436. The Bertz CT molecular complexity index is 1210. The normalized spacial score (nSPS) is 17.6. The molecule has 0 saturated carbocycles. The minimum Gasteiger partial charge on any atom is -0.493 e. The fraction of sp³-hybridized carbons (Fsp3) is 0.185. The van der Waals surface area contributed by atoms with Crippen LogP contribution in [0, 0.1) is 0 Å². The molecule has 1 heterocycles. The van der Waals surface area contributed by atoms with Gasteiger partial charge in [0.1, 0.15) is 5.75 Å². The number of methoxy groups -OCH3 is 1. The minimum absolute atomic E-state index is 0.00121. The van der Waals surface area contributed by atoms with E-state index in [4.69, 9.17) is 14.2 Å². The molecule has 4 aromatic carbocycles. The molecule has 1 N–H and O–H groups in total. The Morgan fingerprint density at radius 1 is 0.839 bits per heavy atom. The average Bonchev–Trinajstić information content (AvgIpc) is 2.84. The molecule has 1 aliphatic heterocycles. The van der Waals surface area contributed by atoms with Crippen LogP contribution in [0.3, 0.4) is 0 Å². The molecule has 4 nitrogen and oxygen atoms in total. The van der Waals surface area contributed by atoms with Crippen molar-refractivity contribution in [2.75, 3.05) is 13.7 Å². The van der Waals surface area contributed by atoms with Crippen molar-refractivity contribution >= 4 is 10.8 Å². The number of rotatable bonds is 5. The van der Waals surface area contributed by atoms with E-state index in [0.717, 1.165) is 11.3 Å². The summed E-state index contributed by atoms with van der Waals surface area (Å²) in [5.41, 5.74) is 3.36. The number of hydrogen-bond donors (Lipinski definition) is 1. The SMILES string of the molecule is CCOc1cc(C2NC(c3ccccc3)c3c(ccc4ccccc34)O2)ccc1OC. The van der Waals surface area contributed by atoms with Crippen LogP contribution in [0.5, 0.6) is 17.2 Å². The van der Waals surface area contributed by atoms with Crippen LogP contribution in [0.2, 0.25) is 0 Å². The predicted molar refractivity (Wildman–Crippen MR) is 123 cm³/mol. The van der Waals surface area contributed by atoms with Gasteiger partial charge in [-0.05, 0) is 47.5 Å². The maximum atomic E-state index is 6.48. The summed E-state index contributed by atoms with van der Waals surface area (Å²) in [6.45, 7) is 2.54. The van der Waals surface area contributed by atoms with E-state index in [-0.39, 0.29) is 12.3 Å². The number of fused-ring (bicyclic) bond motifs is 3. The zero-order valence-electron chi connectivity index (χ0n) is 17.7. The van der Waals surface area contributed by atoms with Gasteiger partial charge in [0.15, 0.2) is 17.7 Å². The molecule has 0 saturated heterocycles. The van der Waals surface area contributed by atoms with E-state index in [1.54, 1.807) is 7.11 Å². The van der Waals surface area contributed by atoms with Gasteiger partial charge in [-0.25, -0.2) is 0 Å². The lowest BCUT2D eigenvalue weighted by Gasteiger charge is -2.35. The molecule has 5 rings (SSSR count). The van der Waals surface area contributed by atoms with Gasteiger partial charge in [-0.3, -0.25) is 5.32 Å². The lowest BCUT2D eigenvalue weighted by molar-refractivity contribution is 0.133. The molecule has 2 unspecified atom stereocenters. The summed E-state index contributed by atoms with van der Waals surface area (Å²) in [5, 5.41) is 6.12. The molecule has 4 heteroatoms. The molecule has 0 bridgehead atoms. The van der Waals surface area contributed by atoms with Crippen LogP contribution in [-0.4, -0.2) is 13.7 Å². The molecule has 0 aromatic heterocycles. The Balaban J connectivity index is 1.62. The van der Waals surface area contributed by atoms with Gasteiger partial charge in [0.2, 0.25) is 0 Å². The maximum absolute atomic E-state index is 6.48. The van der Waals surface area contributed by atoms with E-state index < -0.39 is 0 Å². The van der Waals surface area contributed by atoms with Gasteiger partial charge in [-0.2, -0.15) is 0 Å². The Kier molecular flexibility index (Phi) is 5.23. The first-order valence-electron chi connectivity index (χ1n) is 10.6. The second-order valence-corrected chi connectivity index (χ2v) is 7.55. The third-order valence-electron chi connectivity index (χ3n) is 5.71. The third kappa shape index (κ3) is 3.60. The van der Waals surface area contributed by atoms with E-state index >= 15 is 0 Å². The summed E-state index contributed by atoms with van der Waals surface area (Å²) in [4.78, 5) is 0. The van der Waals surface area contributed by atoms with Crippen LogP contribution in [0.25, 0.3) is 10.8 Å². The van der Waals surface area contributed by atoms with Crippen molar-refractivity contribution in [1.29, 1.82) is 0 Å². The first-order chi connectivity index (χ1) is 15.3. The number of ether oxygens (including phenoxy) is 3. The first kappa shape index (κ1) is 19.5. The molecule has 0 amide bonds. The zero-order chi connectivity index (χ0) is 21.2. The third-order valence-corrected chi connectivity index (χ3v) is 5.71. The zero-order valence-corrected chi connectivity index (χ0v) is 17.7. The Hall–Kier alpha value is -3.50. The van der Waals surface area contributed by atoms with Gasteiger partial charge in [-0.15, -0.1) is 0 Å². The molecule has 31 heavy (non-hydrogen) atoms. The monoisotopic (exact) mass is 411 g/mol. The van der Waals surface area contributed by atoms with Crippen LogP contribution in [-0.2, 0) is 0 Å². The molecular formula is C27H25NO3. The highest BCUT2D eigenvalue weighted by Crippen LogP contribution is 2.43. The van der Waals surface area contributed by atoms with Gasteiger partial charge in [0, 0.05) is 11.1 Å². The molecule has 1 aliphatic rings. The Morgan fingerprint density at radius 3 is 2.45 bits per heavy atom. The summed E-state index contributed by atoms with van der Waals surface area (Å²) in [5.74, 6) is 2.32. The molecule has 0 aliphatic carbocycles. The van der Waals surface area contributed by atoms with Crippen molar-refractivity contribution in [3.63, 3.8) is 0 Å². The van der Waals surface area contributed by atoms with Crippen LogP contribution in [0.4, 0.5) is 0 Å². The van der Waals surface area contributed by atoms with Gasteiger partial charge in [-0.1, -0.05) is 60.7 Å². The average molecular weight is 412 g/mol. The summed E-state index contributed by atoms with van der Waals surface area (Å²) >= 11 is 0. The van der Waals surface area contributed by atoms with Crippen LogP contribution in [0.1, 0.15) is 35.9 Å². The van der Waals surface area contributed by atoms with Crippen molar-refractivity contribution in [3.8, 4) is 17.2 Å². The fourth-order valence-corrected chi connectivity index (χ4v) is 4.27. The van der Waals surface area contributed by atoms with Crippen molar-refractivity contribution in [2.24, 2.45) is 0 Å². The summed E-state index contributed by atoms with van der Waals surface area (Å²) in [7, 11) is 1.65. The number of nitrogens with one attached hydrogen (secondary N) is 1. The van der Waals surface area contributed by atoms with Crippen LogP contribution >= 0.6 is 0 Å². The van der Waals surface area contributed by atoms with Crippen molar-refractivity contribution in [2.45, 2.75) is 19.2 Å². The Morgan fingerprint density at radius 2 is 1.65 bits per heavy atom. The van der Waals surface area contributed by atoms with Gasteiger partial charge in [0.05, 0.1) is 19.8 Å². The summed E-state index contributed by atoms with van der Waals surface area (Å²) in [6.07, 6.45) is -0.316. The summed E-state index contributed by atoms with van der Waals surface area (Å²) < 4.78 is 17.7. The molecule has 0 fully saturated rings. The van der Waals surface area contributed by atoms with Crippen molar-refractivity contribution in [3.05, 3.63) is 102 Å². The minimum atomic E-state index is -0.316. The van der Waals surface area contributed by atoms with Gasteiger partial charge < -0.3 is 14.2 Å². The molecule has 0 radical (unpaired) electrons. The molecular weight excluding hydrogens is 386 g/mol. The second-order valence-electron chi connectivity index (χ2n) is 7.55. The van der Waals surface area contributed by atoms with Crippen LogP contribution < -0.4 is 19.5 Å². The van der Waals surface area contributed by atoms with E-state index in [0.29, 0.717) is 18.1 Å². The Labute approximate surface area is 182 Å². The van der Waals surface area contributed by atoms with E-state index in [1.807, 2.05) is 31.2 Å². The van der Waals surface area contributed by atoms with E-state index in [1.165, 1.54) is 21.9 Å². The molecule has 0 spiro atoms. The van der Waals surface area contributed by atoms with E-state index in [2.05, 4.69) is 66.0 Å². The smallest absolute Gasteiger partial charge is 0.177 e. The lowest BCUT2D eigenvalue weighted by atomic mass is 9.91. The largest absolute Gasteiger partial charge is 0.493 e. The molecule has 4 aromatic rings. The van der Waals surface area contributed by atoms with Crippen LogP contribution in [0.15, 0.2) is 84.9 Å². The van der Waals surface area contributed by atoms with Crippen molar-refractivity contribution in [1.82, 2.24) is 5.32 Å². The standard InChI is InChI=1S/C27H25NO3/c1-3-30-24-17-20(14-15-22(24)29-2)27-28-26(19-10-5-4-6-11-19)25-21-12-8-7-9-18(21)13-16-23(25)31-27/h4-17,26-28H,3H2,1-2H3. The predicted octanol–water partition coefficient (Wildman–Crippen LogP) is 6.02. The second kappa shape index (κ2) is 8.32. The fourth-order valence-electron chi connectivity index (χ4n) is 4.27. The number of hydrogen-bond acceptors (Lipinski definition) is 4. The summed E-state index contributed by atoms with van der Waals surface area (Å²) in [6, 6.07) is 29.1. The van der Waals surface area contributed by atoms with Gasteiger partial charge >= 0.3 is 0 Å². The van der Waals surface area contributed by atoms with Gasteiger partial charge in [0.25, 0.3) is 0 Å². The topological polar surface area (TPSA) is 39.7 Å². The first-order valence-corrected chi connectivity index (χ1v) is 10.6. The van der Waals surface area contributed by atoms with E-state index in [9.17, 15) is 0 Å². The highest BCUT2D eigenvalue weighted by atomic mass is 16.5. The number of benzene rings is 4. The highest BCUT2D eigenvalue weighted by molar-refractivity contribution is 5.89. The lowest BCUT2D eigenvalue weighted by Crippen LogP contribution is -2.35. The van der Waals surface area contributed by atoms with Crippen molar-refractivity contribution < 1.29 is 14.2 Å². The molecule has 156 valence electrons. The maximum Gasteiger partial charge on any atom is 0.177 e. The highest BCUT2D eigenvalue weighted by Gasteiger charge is 2.31. The molecule has 2 atom stereocenters.